The van der Waals surface area contributed by atoms with E-state index in [-0.39, 0.29) is 0 Å². The average molecular weight is 478 g/mol. The fourth-order valence-electron chi connectivity index (χ4n) is 5.20. The molecular weight excluding hydrogens is 454 g/mol. The van der Waals surface area contributed by atoms with Crippen LogP contribution in [0.5, 0.6) is 0 Å². The third-order valence-electron chi connectivity index (χ3n) is 6.85. The zero-order valence-corrected chi connectivity index (χ0v) is 20.5. The van der Waals surface area contributed by atoms with Crippen LogP contribution in [0.25, 0.3) is 42.1 Å². The Morgan fingerprint density at radius 3 is 1.89 bits per heavy atom. The molecular formula is C34H23NS. The van der Waals surface area contributed by atoms with Crippen LogP contribution in [0.3, 0.4) is 0 Å². The molecule has 7 aromatic rings. The highest BCUT2D eigenvalue weighted by atomic mass is 32.1. The highest BCUT2D eigenvalue weighted by Crippen LogP contribution is 2.45. The summed E-state index contributed by atoms with van der Waals surface area (Å²) in [6.07, 6.45) is 0. The maximum Gasteiger partial charge on any atom is 0.0546 e. The lowest BCUT2D eigenvalue weighted by atomic mass is 10.00. The summed E-state index contributed by atoms with van der Waals surface area (Å²) in [6.45, 7) is 0. The second kappa shape index (κ2) is 8.67. The summed E-state index contributed by atoms with van der Waals surface area (Å²) in [6, 6.07) is 50.1. The van der Waals surface area contributed by atoms with Crippen LogP contribution in [0.15, 0.2) is 140 Å². The van der Waals surface area contributed by atoms with Gasteiger partial charge in [-0.05, 0) is 59.0 Å². The highest BCUT2D eigenvalue weighted by molar-refractivity contribution is 7.26. The second-order valence-electron chi connectivity index (χ2n) is 9.00. The van der Waals surface area contributed by atoms with Crippen molar-refractivity contribution < 1.29 is 0 Å². The van der Waals surface area contributed by atoms with Crippen molar-refractivity contribution in [2.24, 2.45) is 0 Å². The van der Waals surface area contributed by atoms with E-state index in [1.54, 1.807) is 0 Å². The Kier molecular flexibility index (Phi) is 5.04. The van der Waals surface area contributed by atoms with E-state index in [0.717, 1.165) is 11.4 Å². The Morgan fingerprint density at radius 1 is 0.417 bits per heavy atom. The SMILES string of the molecule is c1ccc(-c2ccc(N(c3ccccc3)c3cccc4ccc5sc6ccccc6c5c34)cc2)cc1. The van der Waals surface area contributed by atoms with Gasteiger partial charge in [-0.15, -0.1) is 11.3 Å². The first-order valence-corrected chi connectivity index (χ1v) is 13.0. The molecule has 36 heavy (non-hydrogen) atoms. The number of nitrogens with zero attached hydrogens (tertiary/aromatic N) is 1. The Bertz CT molecular complexity index is 1820. The van der Waals surface area contributed by atoms with Crippen molar-refractivity contribution in [3.8, 4) is 11.1 Å². The van der Waals surface area contributed by atoms with Crippen LogP contribution in [-0.4, -0.2) is 0 Å². The van der Waals surface area contributed by atoms with Gasteiger partial charge in [0.25, 0.3) is 0 Å². The van der Waals surface area contributed by atoms with Crippen LogP contribution in [0.2, 0.25) is 0 Å². The summed E-state index contributed by atoms with van der Waals surface area (Å²) in [7, 11) is 0. The molecule has 0 bridgehead atoms. The molecule has 0 aliphatic carbocycles. The van der Waals surface area contributed by atoms with Crippen LogP contribution < -0.4 is 4.90 Å². The zero-order valence-electron chi connectivity index (χ0n) is 19.6. The number of para-hydroxylation sites is 1. The number of hydrogen-bond acceptors (Lipinski definition) is 2. The minimum atomic E-state index is 1.14. The number of rotatable bonds is 4. The maximum atomic E-state index is 2.39. The smallest absolute Gasteiger partial charge is 0.0546 e. The van der Waals surface area contributed by atoms with E-state index < -0.39 is 0 Å². The molecule has 0 fully saturated rings. The van der Waals surface area contributed by atoms with E-state index in [4.69, 9.17) is 0 Å². The van der Waals surface area contributed by atoms with E-state index >= 15 is 0 Å². The first kappa shape index (κ1) is 20.9. The minimum absolute atomic E-state index is 1.14. The van der Waals surface area contributed by atoms with Crippen molar-refractivity contribution in [3.63, 3.8) is 0 Å². The fraction of sp³-hybridized carbons (Fsp3) is 0. The van der Waals surface area contributed by atoms with Crippen molar-refractivity contribution >= 4 is 59.3 Å². The number of fused-ring (bicyclic) bond motifs is 5. The second-order valence-corrected chi connectivity index (χ2v) is 10.1. The molecule has 0 amide bonds. The van der Waals surface area contributed by atoms with Gasteiger partial charge < -0.3 is 4.90 Å². The Balaban J connectivity index is 1.50. The summed E-state index contributed by atoms with van der Waals surface area (Å²) in [5.41, 5.74) is 5.93. The molecule has 0 aliphatic heterocycles. The van der Waals surface area contributed by atoms with E-state index in [1.165, 1.54) is 47.8 Å². The summed E-state index contributed by atoms with van der Waals surface area (Å²) in [4.78, 5) is 2.39. The Morgan fingerprint density at radius 2 is 1.08 bits per heavy atom. The largest absolute Gasteiger partial charge is 0.310 e. The number of thiophene rings is 1. The van der Waals surface area contributed by atoms with Gasteiger partial charge >= 0.3 is 0 Å². The van der Waals surface area contributed by atoms with Gasteiger partial charge in [0.05, 0.1) is 5.69 Å². The molecule has 1 aromatic heterocycles. The van der Waals surface area contributed by atoms with Crippen molar-refractivity contribution in [2.45, 2.75) is 0 Å². The number of hydrogen-bond donors (Lipinski definition) is 0. The van der Waals surface area contributed by atoms with Gasteiger partial charge in [0, 0.05) is 36.9 Å². The van der Waals surface area contributed by atoms with E-state index in [9.17, 15) is 0 Å². The van der Waals surface area contributed by atoms with E-state index in [1.807, 2.05) is 11.3 Å². The van der Waals surface area contributed by atoms with Gasteiger partial charge in [0.1, 0.15) is 0 Å². The molecule has 0 spiro atoms. The molecule has 6 aromatic carbocycles. The normalized spacial score (nSPS) is 11.3. The highest BCUT2D eigenvalue weighted by Gasteiger charge is 2.18. The topological polar surface area (TPSA) is 3.24 Å². The predicted molar refractivity (Wildman–Crippen MR) is 157 cm³/mol. The maximum absolute atomic E-state index is 2.39. The molecule has 2 heteroatoms. The molecule has 1 nitrogen and oxygen atoms in total. The molecule has 170 valence electrons. The first-order valence-electron chi connectivity index (χ1n) is 12.2. The lowest BCUT2D eigenvalue weighted by molar-refractivity contribution is 1.30. The van der Waals surface area contributed by atoms with Gasteiger partial charge in [-0.2, -0.15) is 0 Å². The molecule has 0 aliphatic rings. The van der Waals surface area contributed by atoms with Gasteiger partial charge in [-0.1, -0.05) is 97.1 Å². The molecule has 0 atom stereocenters. The van der Waals surface area contributed by atoms with Gasteiger partial charge in [-0.3, -0.25) is 0 Å². The lowest BCUT2D eigenvalue weighted by Crippen LogP contribution is -2.10. The standard InChI is InChI=1S/C34H23NS/c1-3-10-24(11-4-1)25-18-21-28(22-19-25)35(27-13-5-2-6-14-27)30-16-9-12-26-20-23-32-34(33(26)30)29-15-7-8-17-31(29)36-32/h1-23H. The van der Waals surface area contributed by atoms with Crippen molar-refractivity contribution in [1.29, 1.82) is 0 Å². The van der Waals surface area contributed by atoms with Crippen molar-refractivity contribution in [3.05, 3.63) is 140 Å². The molecule has 0 unspecified atom stereocenters. The summed E-state index contributed by atoms with van der Waals surface area (Å²) < 4.78 is 2.65. The van der Waals surface area contributed by atoms with Crippen LogP contribution >= 0.6 is 11.3 Å². The Labute approximate surface area is 214 Å². The van der Waals surface area contributed by atoms with Crippen LogP contribution in [0.4, 0.5) is 17.1 Å². The fourth-order valence-corrected chi connectivity index (χ4v) is 6.31. The predicted octanol–water partition coefficient (Wildman–Crippen LogP) is 10.3. The third-order valence-corrected chi connectivity index (χ3v) is 7.99. The molecule has 0 N–H and O–H groups in total. The molecule has 1 heterocycles. The van der Waals surface area contributed by atoms with E-state index in [0.29, 0.717) is 0 Å². The number of benzene rings is 6. The minimum Gasteiger partial charge on any atom is -0.310 e. The Hall–Kier alpha value is -4.40. The molecule has 0 radical (unpaired) electrons. The van der Waals surface area contributed by atoms with Crippen LogP contribution in [-0.2, 0) is 0 Å². The van der Waals surface area contributed by atoms with Gasteiger partial charge in [-0.25, -0.2) is 0 Å². The molecule has 7 rings (SSSR count). The quantitative estimate of drug-likeness (QED) is 0.244. The average Bonchev–Trinajstić information content (AvgIpc) is 3.34. The van der Waals surface area contributed by atoms with Crippen molar-refractivity contribution in [1.82, 2.24) is 0 Å². The van der Waals surface area contributed by atoms with Crippen molar-refractivity contribution in [2.75, 3.05) is 4.90 Å². The monoisotopic (exact) mass is 477 g/mol. The first-order chi connectivity index (χ1) is 17.9. The van der Waals surface area contributed by atoms with Crippen LogP contribution in [0.1, 0.15) is 0 Å². The third kappa shape index (κ3) is 3.46. The summed E-state index contributed by atoms with van der Waals surface area (Å²) >= 11 is 1.87. The number of anilines is 3. The lowest BCUT2D eigenvalue weighted by Gasteiger charge is -2.27. The summed E-state index contributed by atoms with van der Waals surface area (Å²) in [5, 5.41) is 5.21. The summed E-state index contributed by atoms with van der Waals surface area (Å²) in [5.74, 6) is 0. The van der Waals surface area contributed by atoms with Gasteiger partial charge in [0.2, 0.25) is 0 Å². The zero-order chi connectivity index (χ0) is 23.9. The van der Waals surface area contributed by atoms with E-state index in [2.05, 4.69) is 144 Å². The molecule has 0 saturated carbocycles. The van der Waals surface area contributed by atoms with Crippen LogP contribution in [0, 0.1) is 0 Å². The molecule has 0 saturated heterocycles. The van der Waals surface area contributed by atoms with Gasteiger partial charge in [0.15, 0.2) is 0 Å².